The predicted octanol–water partition coefficient (Wildman–Crippen LogP) is 1.71. The second kappa shape index (κ2) is 4.39. The Morgan fingerprint density at radius 3 is 2.81 bits per heavy atom. The molecule has 0 spiro atoms. The summed E-state index contributed by atoms with van der Waals surface area (Å²) in [7, 11) is 0. The minimum Gasteiger partial charge on any atom is -0.378 e. The van der Waals surface area contributed by atoms with Crippen LogP contribution in [0.4, 0.5) is 5.82 Å². The average molecular weight is 258 g/mol. The first-order valence-corrected chi connectivity index (χ1v) is 6.83. The number of aromatic nitrogens is 2. The summed E-state index contributed by atoms with van der Waals surface area (Å²) < 4.78 is 5.35. The third-order valence-electron chi connectivity index (χ3n) is 2.84. The Hall–Kier alpha value is -0.520. The first-order valence-electron chi connectivity index (χ1n) is 5.30. The topological polar surface area (TPSA) is 38.2 Å². The molecule has 1 aromatic heterocycles. The van der Waals surface area contributed by atoms with Crippen molar-refractivity contribution in [3.8, 4) is 0 Å². The molecule has 3 rings (SSSR count). The van der Waals surface area contributed by atoms with E-state index in [-0.39, 0.29) is 0 Å². The molecule has 4 nitrogen and oxygen atoms in total. The van der Waals surface area contributed by atoms with Gasteiger partial charge in [-0.05, 0) is 11.6 Å². The van der Waals surface area contributed by atoms with Gasteiger partial charge >= 0.3 is 0 Å². The van der Waals surface area contributed by atoms with Crippen molar-refractivity contribution in [3.63, 3.8) is 0 Å². The van der Waals surface area contributed by atoms with E-state index in [1.165, 1.54) is 5.56 Å². The first kappa shape index (κ1) is 10.6. The lowest BCUT2D eigenvalue weighted by atomic mass is 10.2. The number of ether oxygens (including phenoxy) is 1. The molecule has 86 valence electrons. The maximum Gasteiger partial charge on any atom is 0.224 e. The van der Waals surface area contributed by atoms with Crippen LogP contribution < -0.4 is 4.90 Å². The zero-order valence-electron chi connectivity index (χ0n) is 8.78. The van der Waals surface area contributed by atoms with Crippen molar-refractivity contribution in [3.05, 3.63) is 16.5 Å². The summed E-state index contributed by atoms with van der Waals surface area (Å²) in [4.78, 5) is 10.9. The Balaban J connectivity index is 1.99. The molecule has 0 aromatic carbocycles. The summed E-state index contributed by atoms with van der Waals surface area (Å²) in [6, 6.07) is 0. The van der Waals surface area contributed by atoms with Gasteiger partial charge in [-0.15, -0.1) is 0 Å². The molecule has 1 saturated heterocycles. The molecule has 0 atom stereocenters. The third-order valence-corrected chi connectivity index (χ3v) is 3.98. The first-order chi connectivity index (χ1) is 7.84. The number of hydrogen-bond donors (Lipinski definition) is 0. The van der Waals surface area contributed by atoms with Gasteiger partial charge in [0.25, 0.3) is 0 Å². The van der Waals surface area contributed by atoms with Crippen LogP contribution in [-0.4, -0.2) is 36.3 Å². The van der Waals surface area contributed by atoms with E-state index in [1.807, 2.05) is 11.8 Å². The van der Waals surface area contributed by atoms with Crippen LogP contribution in [0.1, 0.15) is 11.3 Å². The monoisotopic (exact) mass is 257 g/mol. The molecule has 6 heteroatoms. The average Bonchev–Trinajstić information content (AvgIpc) is 2.77. The van der Waals surface area contributed by atoms with E-state index in [1.54, 1.807) is 0 Å². The Labute approximate surface area is 103 Å². The summed E-state index contributed by atoms with van der Waals surface area (Å²) in [6.45, 7) is 3.32. The minimum atomic E-state index is 0.364. The zero-order valence-corrected chi connectivity index (χ0v) is 10.4. The molecular formula is C10H12ClN3OS. The molecule has 0 unspecified atom stereocenters. The highest BCUT2D eigenvalue weighted by atomic mass is 35.5. The molecule has 1 aromatic rings. The van der Waals surface area contributed by atoms with Crippen molar-refractivity contribution in [1.29, 1.82) is 0 Å². The van der Waals surface area contributed by atoms with Crippen LogP contribution in [0.2, 0.25) is 5.28 Å². The van der Waals surface area contributed by atoms with Crippen LogP contribution in [0.5, 0.6) is 0 Å². The number of hydrogen-bond acceptors (Lipinski definition) is 5. The number of nitrogens with zero attached hydrogens (tertiary/aromatic N) is 3. The lowest BCUT2D eigenvalue weighted by molar-refractivity contribution is 0.122. The van der Waals surface area contributed by atoms with E-state index in [0.717, 1.165) is 49.3 Å². The summed E-state index contributed by atoms with van der Waals surface area (Å²) >= 11 is 7.83. The van der Waals surface area contributed by atoms with Gasteiger partial charge in [0.2, 0.25) is 5.28 Å². The highest BCUT2D eigenvalue weighted by Crippen LogP contribution is 2.35. The van der Waals surface area contributed by atoms with Gasteiger partial charge in [0.05, 0.1) is 18.9 Å². The van der Waals surface area contributed by atoms with E-state index >= 15 is 0 Å². The van der Waals surface area contributed by atoms with Gasteiger partial charge in [-0.25, -0.2) is 9.97 Å². The second-order valence-corrected chi connectivity index (χ2v) is 5.16. The van der Waals surface area contributed by atoms with Gasteiger partial charge < -0.3 is 9.64 Å². The number of anilines is 1. The smallest absolute Gasteiger partial charge is 0.224 e. The summed E-state index contributed by atoms with van der Waals surface area (Å²) in [6.07, 6.45) is 0. The van der Waals surface area contributed by atoms with E-state index < -0.39 is 0 Å². The fourth-order valence-corrected chi connectivity index (χ4v) is 3.26. The highest BCUT2D eigenvalue weighted by Gasteiger charge is 2.23. The normalized spacial score (nSPS) is 19.9. The summed E-state index contributed by atoms with van der Waals surface area (Å²) in [5, 5.41) is 0.364. The van der Waals surface area contributed by atoms with Gasteiger partial charge in [0, 0.05) is 30.2 Å². The van der Waals surface area contributed by atoms with E-state index in [9.17, 15) is 0 Å². The van der Waals surface area contributed by atoms with Crippen molar-refractivity contribution < 1.29 is 4.74 Å². The Morgan fingerprint density at radius 1 is 1.19 bits per heavy atom. The van der Waals surface area contributed by atoms with Crippen molar-refractivity contribution >= 4 is 29.2 Å². The van der Waals surface area contributed by atoms with Crippen molar-refractivity contribution in [2.45, 2.75) is 11.5 Å². The zero-order chi connectivity index (χ0) is 11.0. The number of morpholine rings is 1. The maximum absolute atomic E-state index is 5.96. The van der Waals surface area contributed by atoms with Crippen LogP contribution >= 0.6 is 23.4 Å². The van der Waals surface area contributed by atoms with Crippen molar-refractivity contribution in [2.75, 3.05) is 31.2 Å². The lowest BCUT2D eigenvalue weighted by Gasteiger charge is -2.29. The van der Waals surface area contributed by atoms with Crippen LogP contribution in [-0.2, 0) is 16.2 Å². The van der Waals surface area contributed by atoms with Gasteiger partial charge in [-0.1, -0.05) is 0 Å². The molecule has 16 heavy (non-hydrogen) atoms. The van der Waals surface area contributed by atoms with Crippen LogP contribution in [0.15, 0.2) is 0 Å². The Kier molecular flexibility index (Phi) is 2.91. The minimum absolute atomic E-state index is 0.364. The molecular weight excluding hydrogens is 246 g/mol. The number of halogens is 1. The van der Waals surface area contributed by atoms with Gasteiger partial charge in [0.1, 0.15) is 5.82 Å². The molecule has 1 fully saturated rings. The van der Waals surface area contributed by atoms with Crippen LogP contribution in [0.3, 0.4) is 0 Å². The fraction of sp³-hybridized carbons (Fsp3) is 0.600. The molecule has 0 amide bonds. The molecule has 0 radical (unpaired) electrons. The van der Waals surface area contributed by atoms with Gasteiger partial charge in [-0.3, -0.25) is 0 Å². The van der Waals surface area contributed by atoms with Crippen molar-refractivity contribution in [1.82, 2.24) is 9.97 Å². The quantitative estimate of drug-likeness (QED) is 0.716. The Bertz CT molecular complexity index is 409. The van der Waals surface area contributed by atoms with E-state index in [2.05, 4.69) is 14.9 Å². The number of thioether (sulfide) groups is 1. The van der Waals surface area contributed by atoms with Crippen molar-refractivity contribution in [2.24, 2.45) is 0 Å². The fourth-order valence-electron chi connectivity index (χ4n) is 2.04. The van der Waals surface area contributed by atoms with Gasteiger partial charge in [0.15, 0.2) is 0 Å². The third kappa shape index (κ3) is 1.87. The number of fused-ring (bicyclic) bond motifs is 1. The maximum atomic E-state index is 5.96. The molecule has 0 aliphatic carbocycles. The summed E-state index contributed by atoms with van der Waals surface area (Å²) in [5.74, 6) is 2.97. The predicted molar refractivity (Wildman–Crippen MR) is 65.1 cm³/mol. The molecule has 2 aliphatic heterocycles. The van der Waals surface area contributed by atoms with E-state index in [4.69, 9.17) is 16.3 Å². The molecule has 0 N–H and O–H groups in total. The van der Waals surface area contributed by atoms with Crippen LogP contribution in [0, 0.1) is 0 Å². The molecule has 0 bridgehead atoms. The highest BCUT2D eigenvalue weighted by molar-refractivity contribution is 7.98. The van der Waals surface area contributed by atoms with Gasteiger partial charge in [-0.2, -0.15) is 11.8 Å². The second-order valence-electron chi connectivity index (χ2n) is 3.83. The molecule has 0 saturated carbocycles. The van der Waals surface area contributed by atoms with E-state index in [0.29, 0.717) is 5.28 Å². The SMILES string of the molecule is Clc1nc2c(c(N3CCOCC3)n1)CSC2. The lowest BCUT2D eigenvalue weighted by Crippen LogP contribution is -2.37. The largest absolute Gasteiger partial charge is 0.378 e. The number of rotatable bonds is 1. The molecule has 2 aliphatic rings. The Morgan fingerprint density at radius 2 is 2.00 bits per heavy atom. The summed E-state index contributed by atoms with van der Waals surface area (Å²) in [5.41, 5.74) is 2.36. The standard InChI is InChI=1S/C10H12ClN3OS/c11-10-12-8-6-16-5-7(8)9(13-10)14-1-3-15-4-2-14/h1-6H2. The molecule has 3 heterocycles. The van der Waals surface area contributed by atoms with Crippen LogP contribution in [0.25, 0.3) is 0 Å².